The molecule has 5 atom stereocenters. The third kappa shape index (κ3) is 4.02. The molecule has 1 aromatic heterocycles. The average Bonchev–Trinajstić information content (AvgIpc) is 3.49. The first-order chi connectivity index (χ1) is 17.6. The number of imidazole rings is 1. The molecule has 0 aliphatic heterocycles. The van der Waals surface area contributed by atoms with Crippen LogP contribution in [0.4, 0.5) is 13.2 Å². The van der Waals surface area contributed by atoms with Crippen LogP contribution in [-0.4, -0.2) is 32.2 Å². The van der Waals surface area contributed by atoms with Crippen molar-refractivity contribution in [3.05, 3.63) is 83.5 Å². The Hall–Kier alpha value is -2.93. The highest BCUT2D eigenvalue weighted by molar-refractivity contribution is 5.93. The number of benzene rings is 1. The fourth-order valence-electron chi connectivity index (χ4n) is 7.79. The zero-order valence-electron chi connectivity index (χ0n) is 20.8. The van der Waals surface area contributed by atoms with E-state index >= 15 is 0 Å². The zero-order valence-corrected chi connectivity index (χ0v) is 20.8. The van der Waals surface area contributed by atoms with Gasteiger partial charge in [-0.25, -0.2) is 4.98 Å². The van der Waals surface area contributed by atoms with Gasteiger partial charge in [-0.1, -0.05) is 24.6 Å². The van der Waals surface area contributed by atoms with Crippen molar-refractivity contribution in [2.75, 3.05) is 0 Å². The molecule has 1 aromatic carbocycles. The number of allylic oxidation sites excluding steroid dienone is 5. The number of carbonyl (C=O) groups excluding carboxylic acids is 1. The number of hydrogen-bond acceptors (Lipinski definition) is 3. The van der Waals surface area contributed by atoms with Gasteiger partial charge >= 0.3 is 6.18 Å². The molecular weight excluding hydrogens is 477 g/mol. The molecule has 4 aliphatic rings. The van der Waals surface area contributed by atoms with Crippen LogP contribution in [0.25, 0.3) is 5.69 Å². The topological polar surface area (TPSA) is 55.1 Å². The molecule has 0 spiro atoms. The van der Waals surface area contributed by atoms with Gasteiger partial charge in [0, 0.05) is 41.9 Å². The van der Waals surface area contributed by atoms with Crippen LogP contribution in [0, 0.1) is 17.3 Å². The number of ketones is 1. The molecule has 1 N–H and O–H groups in total. The van der Waals surface area contributed by atoms with Crippen LogP contribution in [-0.2, 0) is 4.79 Å². The molecule has 2 unspecified atom stereocenters. The first-order valence-electron chi connectivity index (χ1n) is 13.1. The molecule has 2 aromatic rings. The van der Waals surface area contributed by atoms with Gasteiger partial charge in [0.2, 0.25) is 0 Å². The number of nitrogens with zero attached hydrogens (tertiary/aromatic N) is 2. The Kier molecular flexibility index (Phi) is 5.64. The Balaban J connectivity index is 1.46. The van der Waals surface area contributed by atoms with Crippen LogP contribution in [0.2, 0.25) is 0 Å². The number of rotatable bonds is 3. The van der Waals surface area contributed by atoms with E-state index in [-0.39, 0.29) is 29.6 Å². The number of aromatic nitrogens is 2. The molecule has 0 amide bonds. The normalized spacial score (nSPS) is 33.8. The smallest absolute Gasteiger partial charge is 0.385 e. The zero-order chi connectivity index (χ0) is 26.0. The maximum absolute atomic E-state index is 13.2. The summed E-state index contributed by atoms with van der Waals surface area (Å²) in [7, 11) is 0. The van der Waals surface area contributed by atoms with Crippen LogP contribution >= 0.6 is 0 Å². The van der Waals surface area contributed by atoms with Crippen molar-refractivity contribution in [2.24, 2.45) is 17.3 Å². The van der Waals surface area contributed by atoms with Crippen molar-refractivity contribution in [1.29, 1.82) is 0 Å². The standard InChI is InChI=1S/C30H31F3N2O2/c1-28-17-25(19-2-5-21(6-3-19)35-15-14-34-18-35)27-23-9-7-22(36)16-20(23)4-8-24(27)26(28)10-11-29(28,37)12-13-30(31,32)33/h2-3,5-6,12-16,18,24-26,37H,4,7-11,17H2,1H3/t24?,25-,26?,28+,29-/m1/s1. The first kappa shape index (κ1) is 24.4. The Morgan fingerprint density at radius 1 is 1.14 bits per heavy atom. The molecule has 194 valence electrons. The summed E-state index contributed by atoms with van der Waals surface area (Å²) in [5, 5.41) is 11.7. The molecular formula is C30H31F3N2O2. The second-order valence-corrected chi connectivity index (χ2v) is 11.4. The highest BCUT2D eigenvalue weighted by atomic mass is 19.4. The highest BCUT2D eigenvalue weighted by Gasteiger charge is 2.62. The fourth-order valence-corrected chi connectivity index (χ4v) is 7.79. The molecule has 0 saturated heterocycles. The lowest BCUT2D eigenvalue weighted by atomic mass is 9.51. The Morgan fingerprint density at radius 3 is 2.62 bits per heavy atom. The minimum Gasteiger partial charge on any atom is -0.385 e. The average molecular weight is 509 g/mol. The molecule has 0 radical (unpaired) electrons. The maximum Gasteiger partial charge on any atom is 0.409 e. The molecule has 7 heteroatoms. The van der Waals surface area contributed by atoms with Crippen LogP contribution in [0.15, 0.2) is 77.9 Å². The summed E-state index contributed by atoms with van der Waals surface area (Å²) in [4.78, 5) is 16.3. The van der Waals surface area contributed by atoms with Crippen LogP contribution in [0.5, 0.6) is 0 Å². The second kappa shape index (κ2) is 8.55. The summed E-state index contributed by atoms with van der Waals surface area (Å²) < 4.78 is 41.4. The minimum atomic E-state index is -4.46. The van der Waals surface area contributed by atoms with E-state index in [2.05, 4.69) is 17.1 Å². The number of alkyl halides is 3. The Bertz CT molecular complexity index is 1310. The molecule has 4 nitrogen and oxygen atoms in total. The predicted octanol–water partition coefficient (Wildman–Crippen LogP) is 6.62. The van der Waals surface area contributed by atoms with E-state index in [0.29, 0.717) is 25.7 Å². The number of carbonyl (C=O) groups is 1. The lowest BCUT2D eigenvalue weighted by molar-refractivity contribution is -0.114. The van der Waals surface area contributed by atoms with Crippen LogP contribution in [0.3, 0.4) is 0 Å². The molecule has 2 fully saturated rings. The summed E-state index contributed by atoms with van der Waals surface area (Å²) in [6, 6.07) is 8.28. The van der Waals surface area contributed by atoms with Gasteiger partial charge in [0.05, 0.1) is 11.9 Å². The van der Waals surface area contributed by atoms with Crippen LogP contribution < -0.4 is 0 Å². The predicted molar refractivity (Wildman–Crippen MR) is 134 cm³/mol. The maximum atomic E-state index is 13.2. The van der Waals surface area contributed by atoms with Gasteiger partial charge in [0.15, 0.2) is 5.78 Å². The third-order valence-corrected chi connectivity index (χ3v) is 9.60. The lowest BCUT2D eigenvalue weighted by Crippen LogP contribution is -2.50. The van der Waals surface area contributed by atoms with E-state index in [1.54, 1.807) is 12.5 Å². The van der Waals surface area contributed by atoms with E-state index in [4.69, 9.17) is 0 Å². The van der Waals surface area contributed by atoms with Crippen molar-refractivity contribution in [3.8, 4) is 5.69 Å². The van der Waals surface area contributed by atoms with Gasteiger partial charge in [-0.15, -0.1) is 0 Å². The van der Waals surface area contributed by atoms with Crippen molar-refractivity contribution >= 4 is 5.78 Å². The van der Waals surface area contributed by atoms with Gasteiger partial charge in [-0.3, -0.25) is 4.79 Å². The van der Waals surface area contributed by atoms with E-state index < -0.39 is 17.2 Å². The summed E-state index contributed by atoms with van der Waals surface area (Å²) in [6.45, 7) is 2.00. The first-order valence-corrected chi connectivity index (χ1v) is 13.1. The van der Waals surface area contributed by atoms with Crippen molar-refractivity contribution < 1.29 is 23.1 Å². The number of aliphatic hydroxyl groups is 1. The monoisotopic (exact) mass is 508 g/mol. The number of hydrogen-bond donors (Lipinski definition) is 1. The van der Waals surface area contributed by atoms with Crippen molar-refractivity contribution in [2.45, 2.75) is 69.6 Å². The van der Waals surface area contributed by atoms with E-state index in [1.807, 2.05) is 35.9 Å². The second-order valence-electron chi connectivity index (χ2n) is 11.4. The third-order valence-electron chi connectivity index (χ3n) is 9.60. The van der Waals surface area contributed by atoms with Gasteiger partial charge in [0.25, 0.3) is 0 Å². The fraction of sp³-hybridized carbons (Fsp3) is 0.467. The van der Waals surface area contributed by atoms with E-state index in [9.17, 15) is 23.1 Å². The van der Waals surface area contributed by atoms with Crippen LogP contribution in [0.1, 0.15) is 63.4 Å². The summed E-state index contributed by atoms with van der Waals surface area (Å²) in [5.74, 6) is 0.426. The molecule has 6 rings (SSSR count). The molecule has 37 heavy (non-hydrogen) atoms. The van der Waals surface area contributed by atoms with E-state index in [1.165, 1.54) is 11.1 Å². The molecule has 4 aliphatic carbocycles. The van der Waals surface area contributed by atoms with Crippen molar-refractivity contribution in [1.82, 2.24) is 9.55 Å². The highest BCUT2D eigenvalue weighted by Crippen LogP contribution is 2.67. The summed E-state index contributed by atoms with van der Waals surface area (Å²) >= 11 is 0. The van der Waals surface area contributed by atoms with Gasteiger partial charge in [-0.05, 0) is 91.4 Å². The van der Waals surface area contributed by atoms with Crippen molar-refractivity contribution in [3.63, 3.8) is 0 Å². The SMILES string of the molecule is C[C@]12C[C@H](c3ccc(-n4ccnc4)cc3)C3=C4CCC(=O)C=C4CCC3C1CC[C@@]2(O)C=CC(F)(F)F. The number of fused-ring (bicyclic) bond motifs is 4. The molecule has 2 saturated carbocycles. The minimum absolute atomic E-state index is 0.0288. The lowest BCUT2D eigenvalue weighted by Gasteiger charge is -2.54. The van der Waals surface area contributed by atoms with Gasteiger partial charge < -0.3 is 9.67 Å². The number of halogens is 3. The largest absolute Gasteiger partial charge is 0.409 e. The van der Waals surface area contributed by atoms with Gasteiger partial charge in [-0.2, -0.15) is 13.2 Å². The Morgan fingerprint density at radius 2 is 1.92 bits per heavy atom. The molecule has 0 bridgehead atoms. The summed E-state index contributed by atoms with van der Waals surface area (Å²) in [5.41, 5.74) is 3.64. The summed E-state index contributed by atoms with van der Waals surface area (Å²) in [6.07, 6.45) is 8.43. The van der Waals surface area contributed by atoms with Gasteiger partial charge in [0.1, 0.15) is 0 Å². The van der Waals surface area contributed by atoms with E-state index in [0.717, 1.165) is 42.2 Å². The quantitative estimate of drug-likeness (QED) is 0.474. The Labute approximate surface area is 214 Å². The molecule has 1 heterocycles.